The number of halogens is 2. The van der Waals surface area contributed by atoms with Crippen molar-refractivity contribution in [2.24, 2.45) is 5.92 Å². The van der Waals surface area contributed by atoms with Gasteiger partial charge in [-0.25, -0.2) is 0 Å². The van der Waals surface area contributed by atoms with Crippen LogP contribution in [0.25, 0.3) is 0 Å². The van der Waals surface area contributed by atoms with Crippen molar-refractivity contribution in [1.82, 2.24) is 0 Å². The first-order valence-electron chi connectivity index (χ1n) is 5.70. The van der Waals surface area contributed by atoms with Crippen LogP contribution in [-0.4, -0.2) is 11.9 Å². The predicted octanol–water partition coefficient (Wildman–Crippen LogP) is 5.03. The lowest BCUT2D eigenvalue weighted by Crippen LogP contribution is -2.08. The molecule has 0 N–H and O–H groups in total. The van der Waals surface area contributed by atoms with Crippen LogP contribution in [-0.2, 0) is 0 Å². The minimum atomic E-state index is 0.733. The zero-order chi connectivity index (χ0) is 11.8. The van der Waals surface area contributed by atoms with Crippen LogP contribution in [0.2, 0.25) is 0 Å². The summed E-state index contributed by atoms with van der Waals surface area (Å²) < 4.78 is 6.78. The molecule has 1 atom stereocenters. The molecule has 0 radical (unpaired) electrons. The molecule has 0 fully saturated rings. The molecular weight excluding hydrogens is 332 g/mol. The fraction of sp³-hybridized carbons (Fsp3) is 0.538. The summed E-state index contributed by atoms with van der Waals surface area (Å²) in [6.45, 7) is 3.03. The zero-order valence-electron chi connectivity index (χ0n) is 9.59. The van der Waals surface area contributed by atoms with E-state index in [0.29, 0.717) is 0 Å². The summed E-state index contributed by atoms with van der Waals surface area (Å²) in [4.78, 5) is 0. The van der Waals surface area contributed by atoms with E-state index >= 15 is 0 Å². The quantitative estimate of drug-likeness (QED) is 0.627. The highest BCUT2D eigenvalue weighted by Gasteiger charge is 2.06. The van der Waals surface area contributed by atoms with Crippen molar-refractivity contribution in [2.75, 3.05) is 11.9 Å². The van der Waals surface area contributed by atoms with E-state index in [1.807, 2.05) is 24.3 Å². The van der Waals surface area contributed by atoms with E-state index in [0.717, 1.165) is 34.5 Å². The summed E-state index contributed by atoms with van der Waals surface area (Å²) >= 11 is 6.99. The van der Waals surface area contributed by atoms with Crippen LogP contribution in [0.4, 0.5) is 0 Å². The molecule has 0 aliphatic carbocycles. The van der Waals surface area contributed by atoms with Crippen molar-refractivity contribution in [3.63, 3.8) is 0 Å². The first-order valence-corrected chi connectivity index (χ1v) is 7.62. The Morgan fingerprint density at radius 1 is 1.31 bits per heavy atom. The summed E-state index contributed by atoms with van der Waals surface area (Å²) in [6.07, 6.45) is 3.63. The molecular formula is C13H18Br2O. The number of benzene rings is 1. The molecule has 1 unspecified atom stereocenters. The second-order valence-electron chi connectivity index (χ2n) is 3.90. The Hall–Kier alpha value is -0.0200. The topological polar surface area (TPSA) is 9.23 Å². The molecule has 1 aromatic carbocycles. The van der Waals surface area contributed by atoms with E-state index in [4.69, 9.17) is 4.74 Å². The average Bonchev–Trinajstić information content (AvgIpc) is 2.28. The molecule has 0 amide bonds. The number of ether oxygens (including phenoxy) is 1. The first-order chi connectivity index (χ1) is 7.76. The van der Waals surface area contributed by atoms with E-state index in [1.165, 1.54) is 12.8 Å². The second-order valence-corrected chi connectivity index (χ2v) is 5.47. The largest absolute Gasteiger partial charge is 0.494 e. The van der Waals surface area contributed by atoms with Crippen LogP contribution < -0.4 is 4.74 Å². The van der Waals surface area contributed by atoms with Crippen LogP contribution >= 0.6 is 31.9 Å². The molecule has 1 aromatic rings. The third-order valence-corrected chi connectivity index (χ3v) is 3.91. The van der Waals surface area contributed by atoms with E-state index in [9.17, 15) is 0 Å². The fourth-order valence-electron chi connectivity index (χ4n) is 1.61. The highest BCUT2D eigenvalue weighted by atomic mass is 79.9. The van der Waals surface area contributed by atoms with Gasteiger partial charge in [-0.15, -0.1) is 0 Å². The van der Waals surface area contributed by atoms with Gasteiger partial charge in [-0.1, -0.05) is 51.3 Å². The summed E-state index contributed by atoms with van der Waals surface area (Å²) in [6, 6.07) is 8.00. The van der Waals surface area contributed by atoms with Gasteiger partial charge in [0.05, 0.1) is 6.61 Å². The lowest BCUT2D eigenvalue weighted by atomic mass is 10.0. The Kier molecular flexibility index (Phi) is 7.13. The number of rotatable bonds is 7. The predicted molar refractivity (Wildman–Crippen MR) is 76.4 cm³/mol. The zero-order valence-corrected chi connectivity index (χ0v) is 12.8. The van der Waals surface area contributed by atoms with E-state index in [1.54, 1.807) is 0 Å². The highest BCUT2D eigenvalue weighted by Crippen LogP contribution is 2.19. The SMILES string of the molecule is CCCC(CBr)CCOc1cccc(Br)c1. The third kappa shape index (κ3) is 5.35. The van der Waals surface area contributed by atoms with Crippen LogP contribution in [0.5, 0.6) is 5.75 Å². The maximum atomic E-state index is 5.71. The van der Waals surface area contributed by atoms with Gasteiger partial charge < -0.3 is 4.74 Å². The maximum Gasteiger partial charge on any atom is 0.120 e. The summed E-state index contributed by atoms with van der Waals surface area (Å²) in [5.74, 6) is 1.68. The standard InChI is InChI=1S/C13H18Br2O/c1-2-4-11(10-14)7-8-16-13-6-3-5-12(15)9-13/h3,5-6,9,11H,2,4,7-8,10H2,1H3. The van der Waals surface area contributed by atoms with E-state index in [-0.39, 0.29) is 0 Å². The lowest BCUT2D eigenvalue weighted by Gasteiger charge is -2.13. The highest BCUT2D eigenvalue weighted by molar-refractivity contribution is 9.10. The normalized spacial score (nSPS) is 12.4. The Morgan fingerprint density at radius 2 is 2.12 bits per heavy atom. The van der Waals surface area contributed by atoms with Gasteiger partial charge in [-0.05, 0) is 37.0 Å². The molecule has 1 rings (SSSR count). The van der Waals surface area contributed by atoms with Gasteiger partial charge in [-0.2, -0.15) is 0 Å². The van der Waals surface area contributed by atoms with Gasteiger partial charge >= 0.3 is 0 Å². The van der Waals surface area contributed by atoms with E-state index in [2.05, 4.69) is 38.8 Å². The molecule has 0 saturated heterocycles. The second kappa shape index (κ2) is 8.13. The first kappa shape index (κ1) is 14.0. The molecule has 3 heteroatoms. The number of hydrogen-bond donors (Lipinski definition) is 0. The van der Waals surface area contributed by atoms with Crippen LogP contribution in [0, 0.1) is 5.92 Å². The molecule has 0 aliphatic heterocycles. The fourth-order valence-corrected chi connectivity index (χ4v) is 2.63. The Bertz CT molecular complexity index is 302. The molecule has 0 aliphatic rings. The maximum absolute atomic E-state index is 5.71. The number of alkyl halides is 1. The summed E-state index contributed by atoms with van der Waals surface area (Å²) in [5, 5.41) is 1.07. The van der Waals surface area contributed by atoms with Crippen molar-refractivity contribution in [2.45, 2.75) is 26.2 Å². The van der Waals surface area contributed by atoms with Crippen LogP contribution in [0.3, 0.4) is 0 Å². The van der Waals surface area contributed by atoms with Gasteiger partial charge in [0.2, 0.25) is 0 Å². The molecule has 0 saturated carbocycles. The van der Waals surface area contributed by atoms with Gasteiger partial charge in [0.25, 0.3) is 0 Å². The molecule has 0 heterocycles. The van der Waals surface area contributed by atoms with Crippen molar-refractivity contribution in [1.29, 1.82) is 0 Å². The molecule has 1 nitrogen and oxygen atoms in total. The molecule has 0 bridgehead atoms. The molecule has 16 heavy (non-hydrogen) atoms. The van der Waals surface area contributed by atoms with Gasteiger partial charge in [0.15, 0.2) is 0 Å². The number of hydrogen-bond acceptors (Lipinski definition) is 1. The van der Waals surface area contributed by atoms with Crippen LogP contribution in [0.15, 0.2) is 28.7 Å². The Balaban J connectivity index is 2.29. The van der Waals surface area contributed by atoms with E-state index < -0.39 is 0 Å². The minimum absolute atomic E-state index is 0.733. The average molecular weight is 350 g/mol. The van der Waals surface area contributed by atoms with Crippen molar-refractivity contribution >= 4 is 31.9 Å². The monoisotopic (exact) mass is 348 g/mol. The van der Waals surface area contributed by atoms with Crippen molar-refractivity contribution in [3.05, 3.63) is 28.7 Å². The van der Waals surface area contributed by atoms with Gasteiger partial charge in [0.1, 0.15) is 5.75 Å². The third-order valence-electron chi connectivity index (χ3n) is 2.51. The van der Waals surface area contributed by atoms with Gasteiger partial charge in [-0.3, -0.25) is 0 Å². The smallest absolute Gasteiger partial charge is 0.120 e. The summed E-state index contributed by atoms with van der Waals surface area (Å²) in [5.41, 5.74) is 0. The Morgan fingerprint density at radius 3 is 2.75 bits per heavy atom. The Labute approximate surface area is 115 Å². The summed E-state index contributed by atoms with van der Waals surface area (Å²) in [7, 11) is 0. The molecule has 0 aromatic heterocycles. The van der Waals surface area contributed by atoms with Crippen molar-refractivity contribution < 1.29 is 4.74 Å². The van der Waals surface area contributed by atoms with Crippen LogP contribution in [0.1, 0.15) is 26.2 Å². The molecule has 90 valence electrons. The minimum Gasteiger partial charge on any atom is -0.494 e. The molecule has 0 spiro atoms. The van der Waals surface area contributed by atoms with Gasteiger partial charge in [0, 0.05) is 9.80 Å². The lowest BCUT2D eigenvalue weighted by molar-refractivity contribution is 0.280. The van der Waals surface area contributed by atoms with Crippen molar-refractivity contribution in [3.8, 4) is 5.75 Å².